The van der Waals surface area contributed by atoms with Crippen molar-refractivity contribution < 1.29 is 27.4 Å². The van der Waals surface area contributed by atoms with Gasteiger partial charge in [-0.1, -0.05) is 13.8 Å². The zero-order valence-corrected chi connectivity index (χ0v) is 18.6. The lowest BCUT2D eigenvalue weighted by molar-refractivity contribution is 0.0941. The van der Waals surface area contributed by atoms with Crippen molar-refractivity contribution in [2.45, 2.75) is 32.6 Å². The summed E-state index contributed by atoms with van der Waals surface area (Å²) in [6, 6.07) is 3.00. The van der Waals surface area contributed by atoms with Crippen molar-refractivity contribution in [3.8, 4) is 17.2 Å². The van der Waals surface area contributed by atoms with Crippen molar-refractivity contribution in [2.75, 3.05) is 34.4 Å². The molecule has 2 rings (SSSR count). The van der Waals surface area contributed by atoms with E-state index < -0.39 is 15.9 Å². The SMILES string of the molecule is CCN(CC)S(=O)(=O)c1c(C)nn(C(=O)c2cc(OC)c(OC)c(OC)c2)c1C. The number of ether oxygens (including phenoxy) is 3. The van der Waals surface area contributed by atoms with E-state index in [2.05, 4.69) is 5.10 Å². The van der Waals surface area contributed by atoms with E-state index in [1.807, 2.05) is 0 Å². The average Bonchev–Trinajstić information content (AvgIpc) is 3.01. The van der Waals surface area contributed by atoms with Crippen molar-refractivity contribution in [3.63, 3.8) is 0 Å². The van der Waals surface area contributed by atoms with Crippen LogP contribution in [0.3, 0.4) is 0 Å². The third-order valence-electron chi connectivity index (χ3n) is 4.63. The van der Waals surface area contributed by atoms with Gasteiger partial charge in [0.1, 0.15) is 4.90 Å². The number of nitrogens with zero attached hydrogens (tertiary/aromatic N) is 3. The molecule has 0 fully saturated rings. The number of aromatic nitrogens is 2. The number of carbonyl (C=O) groups excluding carboxylic acids is 1. The molecule has 1 heterocycles. The van der Waals surface area contributed by atoms with Crippen molar-refractivity contribution in [1.82, 2.24) is 14.1 Å². The van der Waals surface area contributed by atoms with Crippen LogP contribution in [-0.2, 0) is 10.0 Å². The Morgan fingerprint density at radius 1 is 1.03 bits per heavy atom. The molecule has 0 aliphatic heterocycles. The third kappa shape index (κ3) is 3.95. The van der Waals surface area contributed by atoms with Gasteiger partial charge in [-0.25, -0.2) is 8.42 Å². The highest BCUT2D eigenvalue weighted by atomic mass is 32.2. The van der Waals surface area contributed by atoms with Gasteiger partial charge in [0.2, 0.25) is 15.8 Å². The van der Waals surface area contributed by atoms with Crippen LogP contribution in [0, 0.1) is 13.8 Å². The number of aryl methyl sites for hydroxylation is 1. The van der Waals surface area contributed by atoms with Gasteiger partial charge in [-0.2, -0.15) is 14.1 Å². The summed E-state index contributed by atoms with van der Waals surface area (Å²) in [4.78, 5) is 13.2. The van der Waals surface area contributed by atoms with Gasteiger partial charge in [0.05, 0.1) is 32.7 Å². The molecule has 0 spiro atoms. The highest BCUT2D eigenvalue weighted by Gasteiger charge is 2.31. The number of rotatable bonds is 8. The number of hydrogen-bond acceptors (Lipinski definition) is 7. The fourth-order valence-corrected chi connectivity index (χ4v) is 5.03. The van der Waals surface area contributed by atoms with Gasteiger partial charge in [0.15, 0.2) is 11.5 Å². The minimum absolute atomic E-state index is 0.0435. The van der Waals surface area contributed by atoms with Crippen LogP contribution in [0.2, 0.25) is 0 Å². The molecule has 1 aromatic carbocycles. The van der Waals surface area contributed by atoms with E-state index in [9.17, 15) is 13.2 Å². The van der Waals surface area contributed by atoms with Crippen LogP contribution < -0.4 is 14.2 Å². The predicted octanol–water partition coefficient (Wildman–Crippen LogP) is 2.24. The molecule has 0 amide bonds. The Morgan fingerprint density at radius 3 is 1.97 bits per heavy atom. The van der Waals surface area contributed by atoms with Gasteiger partial charge >= 0.3 is 0 Å². The topological polar surface area (TPSA) is 100.0 Å². The van der Waals surface area contributed by atoms with E-state index >= 15 is 0 Å². The van der Waals surface area contributed by atoms with E-state index in [4.69, 9.17) is 14.2 Å². The summed E-state index contributed by atoms with van der Waals surface area (Å²) < 4.78 is 44.3. The average molecular weight is 426 g/mol. The van der Waals surface area contributed by atoms with Crippen molar-refractivity contribution >= 4 is 15.9 Å². The molecule has 1 aromatic heterocycles. The molecular weight excluding hydrogens is 398 g/mol. The van der Waals surface area contributed by atoms with Crippen LogP contribution in [-0.4, -0.2) is 62.8 Å². The molecule has 0 unspecified atom stereocenters. The minimum atomic E-state index is -3.77. The first-order valence-electron chi connectivity index (χ1n) is 9.08. The number of methoxy groups -OCH3 is 3. The van der Waals surface area contributed by atoms with Gasteiger partial charge in [-0.05, 0) is 26.0 Å². The summed E-state index contributed by atoms with van der Waals surface area (Å²) in [6.07, 6.45) is 0. The first kappa shape index (κ1) is 22.7. The molecule has 0 bridgehead atoms. The van der Waals surface area contributed by atoms with Crippen LogP contribution in [0.5, 0.6) is 17.2 Å². The summed E-state index contributed by atoms with van der Waals surface area (Å²) >= 11 is 0. The highest BCUT2D eigenvalue weighted by molar-refractivity contribution is 7.89. The Kier molecular flexibility index (Phi) is 6.91. The van der Waals surface area contributed by atoms with Crippen LogP contribution in [0.25, 0.3) is 0 Å². The Hall–Kier alpha value is -2.59. The molecule has 160 valence electrons. The lowest BCUT2D eigenvalue weighted by Gasteiger charge is -2.18. The Bertz CT molecular complexity index is 984. The maximum absolute atomic E-state index is 13.1. The molecule has 0 radical (unpaired) electrons. The van der Waals surface area contributed by atoms with E-state index in [-0.39, 0.29) is 21.8 Å². The van der Waals surface area contributed by atoms with Crippen molar-refractivity contribution in [1.29, 1.82) is 0 Å². The summed E-state index contributed by atoms with van der Waals surface area (Å²) in [5.74, 6) is 0.469. The molecule has 0 aliphatic carbocycles. The standard InChI is InChI=1S/C19H27N3O6S/c1-8-21(9-2)29(24,25)18-12(3)20-22(13(18)4)19(23)14-10-15(26-5)17(28-7)16(11-14)27-6/h10-11H,8-9H2,1-7H3. The van der Waals surface area contributed by atoms with E-state index in [1.54, 1.807) is 27.7 Å². The van der Waals surface area contributed by atoms with Crippen LogP contribution >= 0.6 is 0 Å². The Balaban J connectivity index is 2.62. The summed E-state index contributed by atoms with van der Waals surface area (Å²) in [6.45, 7) is 7.30. The molecule has 0 atom stereocenters. The molecule has 29 heavy (non-hydrogen) atoms. The predicted molar refractivity (Wildman–Crippen MR) is 108 cm³/mol. The van der Waals surface area contributed by atoms with E-state index in [0.29, 0.717) is 30.3 Å². The first-order chi connectivity index (χ1) is 13.7. The quantitative estimate of drug-likeness (QED) is 0.639. The zero-order chi connectivity index (χ0) is 21.9. The molecule has 0 saturated carbocycles. The van der Waals surface area contributed by atoms with Gasteiger partial charge in [0, 0.05) is 18.7 Å². The van der Waals surface area contributed by atoms with Gasteiger partial charge in [-0.3, -0.25) is 4.79 Å². The van der Waals surface area contributed by atoms with Gasteiger partial charge < -0.3 is 14.2 Å². The number of carbonyl (C=O) groups is 1. The molecule has 0 N–H and O–H groups in total. The number of hydrogen-bond donors (Lipinski definition) is 0. The second-order valence-electron chi connectivity index (χ2n) is 6.22. The van der Waals surface area contributed by atoms with Crippen molar-refractivity contribution in [2.24, 2.45) is 0 Å². The maximum atomic E-state index is 13.1. The summed E-state index contributed by atoms with van der Waals surface area (Å²) in [5, 5.41) is 4.21. The third-order valence-corrected chi connectivity index (χ3v) is 6.94. The molecule has 2 aromatic rings. The maximum Gasteiger partial charge on any atom is 0.278 e. The zero-order valence-electron chi connectivity index (χ0n) is 17.8. The monoisotopic (exact) mass is 425 g/mol. The van der Waals surface area contributed by atoms with E-state index in [0.717, 1.165) is 4.68 Å². The Labute approximate surface area is 171 Å². The lowest BCUT2D eigenvalue weighted by atomic mass is 10.1. The second-order valence-corrected chi connectivity index (χ2v) is 8.10. The minimum Gasteiger partial charge on any atom is -0.493 e. The first-order valence-corrected chi connectivity index (χ1v) is 10.5. The van der Waals surface area contributed by atoms with Crippen molar-refractivity contribution in [3.05, 3.63) is 29.1 Å². The van der Waals surface area contributed by atoms with E-state index in [1.165, 1.54) is 37.8 Å². The fourth-order valence-electron chi connectivity index (χ4n) is 3.22. The molecular formula is C19H27N3O6S. The fraction of sp³-hybridized carbons (Fsp3) is 0.474. The smallest absolute Gasteiger partial charge is 0.278 e. The number of sulfonamides is 1. The molecule has 9 nitrogen and oxygen atoms in total. The summed E-state index contributed by atoms with van der Waals surface area (Å²) in [5.41, 5.74) is 0.722. The van der Waals surface area contributed by atoms with Crippen LogP contribution in [0.1, 0.15) is 35.6 Å². The normalized spacial score (nSPS) is 11.6. The molecule has 0 saturated heterocycles. The second kappa shape index (κ2) is 8.83. The number of benzene rings is 1. The molecule has 0 aliphatic rings. The Morgan fingerprint density at radius 2 is 1.55 bits per heavy atom. The van der Waals surface area contributed by atoms with Gasteiger partial charge in [-0.15, -0.1) is 0 Å². The molecule has 10 heteroatoms. The largest absolute Gasteiger partial charge is 0.493 e. The lowest BCUT2D eigenvalue weighted by Crippen LogP contribution is -2.31. The van der Waals surface area contributed by atoms with Crippen LogP contribution in [0.15, 0.2) is 17.0 Å². The van der Waals surface area contributed by atoms with Crippen LogP contribution in [0.4, 0.5) is 0 Å². The van der Waals surface area contributed by atoms with Gasteiger partial charge in [0.25, 0.3) is 5.91 Å². The summed E-state index contributed by atoms with van der Waals surface area (Å²) in [7, 11) is 0.596. The highest BCUT2D eigenvalue weighted by Crippen LogP contribution is 2.38.